The Bertz CT molecular complexity index is 617. The van der Waals surface area contributed by atoms with E-state index in [1.54, 1.807) is 18.2 Å². The van der Waals surface area contributed by atoms with Gasteiger partial charge in [0.1, 0.15) is 0 Å². The Morgan fingerprint density at radius 3 is 2.10 bits per heavy atom. The third-order valence-corrected chi connectivity index (χ3v) is 3.32. The van der Waals surface area contributed by atoms with E-state index in [1.165, 1.54) is 6.07 Å². The molecule has 102 valence electrons. The Labute approximate surface area is 117 Å². The first-order valence-electron chi connectivity index (χ1n) is 6.50. The highest BCUT2D eigenvalue weighted by atomic mass is 16.4. The van der Waals surface area contributed by atoms with Gasteiger partial charge in [-0.15, -0.1) is 0 Å². The lowest BCUT2D eigenvalue weighted by Gasteiger charge is -2.12. The van der Waals surface area contributed by atoms with Crippen molar-refractivity contribution < 1.29 is 14.7 Å². The van der Waals surface area contributed by atoms with E-state index in [0.29, 0.717) is 6.42 Å². The summed E-state index contributed by atoms with van der Waals surface area (Å²) in [4.78, 5) is 23.4. The van der Waals surface area contributed by atoms with Gasteiger partial charge in [0.25, 0.3) is 0 Å². The van der Waals surface area contributed by atoms with Crippen molar-refractivity contribution in [2.75, 3.05) is 0 Å². The number of hydrogen-bond acceptors (Lipinski definition) is 2. The Kier molecular flexibility index (Phi) is 4.31. The minimum atomic E-state index is -1.07. The van der Waals surface area contributed by atoms with Gasteiger partial charge >= 0.3 is 5.97 Å². The van der Waals surface area contributed by atoms with Crippen LogP contribution in [-0.4, -0.2) is 16.9 Å². The van der Waals surface area contributed by atoms with E-state index >= 15 is 0 Å². The van der Waals surface area contributed by atoms with Crippen LogP contribution in [0.5, 0.6) is 0 Å². The van der Waals surface area contributed by atoms with Crippen LogP contribution in [0.2, 0.25) is 0 Å². The zero-order valence-corrected chi connectivity index (χ0v) is 11.2. The number of rotatable bonds is 5. The molecule has 0 saturated carbocycles. The molecule has 20 heavy (non-hydrogen) atoms. The molecule has 0 saturated heterocycles. The molecule has 1 N–H and O–H groups in total. The lowest BCUT2D eigenvalue weighted by atomic mass is 9.91. The molecule has 0 fully saturated rings. The largest absolute Gasteiger partial charge is 0.478 e. The fourth-order valence-electron chi connectivity index (χ4n) is 2.20. The molecular formula is C17H16O3. The number of aromatic carboxylic acids is 1. The molecule has 0 aliphatic heterocycles. The van der Waals surface area contributed by atoms with Crippen molar-refractivity contribution in [3.05, 3.63) is 71.3 Å². The number of carboxylic acids is 1. The monoisotopic (exact) mass is 268 g/mol. The van der Waals surface area contributed by atoms with Crippen LogP contribution in [0.4, 0.5) is 0 Å². The lowest BCUT2D eigenvalue weighted by Crippen LogP contribution is -2.11. The average molecular weight is 268 g/mol. The number of carbonyl (C=O) groups is 2. The van der Waals surface area contributed by atoms with Gasteiger partial charge in [-0.2, -0.15) is 0 Å². The first-order chi connectivity index (χ1) is 9.59. The second kappa shape index (κ2) is 6.15. The van der Waals surface area contributed by atoms with E-state index in [-0.39, 0.29) is 22.8 Å². The van der Waals surface area contributed by atoms with Crippen molar-refractivity contribution in [1.29, 1.82) is 0 Å². The van der Waals surface area contributed by atoms with Crippen LogP contribution in [0.1, 0.15) is 45.5 Å². The van der Waals surface area contributed by atoms with Gasteiger partial charge in [0, 0.05) is 12.0 Å². The van der Waals surface area contributed by atoms with Crippen LogP contribution in [0.15, 0.2) is 54.6 Å². The third-order valence-electron chi connectivity index (χ3n) is 3.32. The first-order valence-corrected chi connectivity index (χ1v) is 6.50. The second-order valence-electron chi connectivity index (χ2n) is 4.79. The molecule has 2 rings (SSSR count). The highest BCUT2D eigenvalue weighted by Crippen LogP contribution is 2.22. The van der Waals surface area contributed by atoms with Gasteiger partial charge in [-0.1, -0.05) is 55.5 Å². The quantitative estimate of drug-likeness (QED) is 0.840. The van der Waals surface area contributed by atoms with Crippen LogP contribution < -0.4 is 0 Å². The summed E-state index contributed by atoms with van der Waals surface area (Å²) in [6.45, 7) is 1.97. The van der Waals surface area contributed by atoms with Crippen LogP contribution in [0.3, 0.4) is 0 Å². The van der Waals surface area contributed by atoms with E-state index in [1.807, 2.05) is 37.3 Å². The molecule has 0 bridgehead atoms. The molecule has 0 spiro atoms. The molecule has 0 unspecified atom stereocenters. The van der Waals surface area contributed by atoms with Gasteiger partial charge in [0.05, 0.1) is 5.56 Å². The number of Topliss-reactive ketones (excluding diaryl/α,β-unsaturated/α-hetero) is 1. The van der Waals surface area contributed by atoms with Crippen LogP contribution in [0.25, 0.3) is 0 Å². The standard InChI is InChI=1S/C17H16O3/c1-12(13-7-3-2-4-8-13)11-16(18)14-9-5-6-10-15(14)17(19)20/h2-10,12H,11H2,1H3,(H,19,20)/t12-/m1/s1. The Balaban J connectivity index is 2.19. The molecule has 0 aromatic heterocycles. The Morgan fingerprint density at radius 1 is 0.950 bits per heavy atom. The highest BCUT2D eigenvalue weighted by Gasteiger charge is 2.18. The van der Waals surface area contributed by atoms with Crippen molar-refractivity contribution in [3.63, 3.8) is 0 Å². The summed E-state index contributed by atoms with van der Waals surface area (Å²) in [5, 5.41) is 9.11. The zero-order valence-electron chi connectivity index (χ0n) is 11.2. The van der Waals surface area contributed by atoms with E-state index < -0.39 is 5.97 Å². The summed E-state index contributed by atoms with van der Waals surface area (Å²) in [5.41, 5.74) is 1.43. The summed E-state index contributed by atoms with van der Waals surface area (Å²) >= 11 is 0. The highest BCUT2D eigenvalue weighted by molar-refractivity contribution is 6.06. The lowest BCUT2D eigenvalue weighted by molar-refractivity contribution is 0.0691. The van der Waals surface area contributed by atoms with E-state index in [4.69, 9.17) is 5.11 Å². The third kappa shape index (κ3) is 3.12. The van der Waals surface area contributed by atoms with E-state index in [9.17, 15) is 9.59 Å². The molecule has 0 aliphatic rings. The van der Waals surface area contributed by atoms with Gasteiger partial charge in [0.2, 0.25) is 0 Å². The molecule has 3 nitrogen and oxygen atoms in total. The van der Waals surface area contributed by atoms with Crippen molar-refractivity contribution in [3.8, 4) is 0 Å². The summed E-state index contributed by atoms with van der Waals surface area (Å²) in [7, 11) is 0. The van der Waals surface area contributed by atoms with Crippen LogP contribution in [0, 0.1) is 0 Å². The zero-order chi connectivity index (χ0) is 14.5. The summed E-state index contributed by atoms with van der Waals surface area (Å²) in [5.74, 6) is -1.15. The Morgan fingerprint density at radius 2 is 1.50 bits per heavy atom. The molecule has 0 aliphatic carbocycles. The molecule has 2 aromatic rings. The molecule has 0 radical (unpaired) electrons. The van der Waals surface area contributed by atoms with Crippen molar-refractivity contribution in [2.45, 2.75) is 19.3 Å². The van der Waals surface area contributed by atoms with Gasteiger partial charge in [-0.25, -0.2) is 4.79 Å². The minimum Gasteiger partial charge on any atom is -0.478 e. The maximum absolute atomic E-state index is 12.3. The van der Waals surface area contributed by atoms with E-state index in [2.05, 4.69) is 0 Å². The number of hydrogen-bond donors (Lipinski definition) is 1. The van der Waals surface area contributed by atoms with Crippen LogP contribution in [-0.2, 0) is 0 Å². The molecular weight excluding hydrogens is 252 g/mol. The summed E-state index contributed by atoms with van der Waals surface area (Å²) < 4.78 is 0. The number of carboxylic acid groups (broad SMARTS) is 1. The van der Waals surface area contributed by atoms with Gasteiger partial charge in [-0.05, 0) is 17.5 Å². The SMILES string of the molecule is C[C@H](CC(=O)c1ccccc1C(=O)O)c1ccccc1. The Hall–Kier alpha value is -2.42. The fraction of sp³-hybridized carbons (Fsp3) is 0.176. The van der Waals surface area contributed by atoms with Gasteiger partial charge < -0.3 is 5.11 Å². The maximum atomic E-state index is 12.3. The maximum Gasteiger partial charge on any atom is 0.336 e. The van der Waals surface area contributed by atoms with Gasteiger partial charge in [0.15, 0.2) is 5.78 Å². The van der Waals surface area contributed by atoms with Crippen LogP contribution >= 0.6 is 0 Å². The number of benzene rings is 2. The topological polar surface area (TPSA) is 54.4 Å². The molecule has 0 heterocycles. The summed E-state index contributed by atoms with van der Waals surface area (Å²) in [6, 6.07) is 16.1. The predicted molar refractivity (Wildman–Crippen MR) is 77.2 cm³/mol. The second-order valence-corrected chi connectivity index (χ2v) is 4.79. The van der Waals surface area contributed by atoms with E-state index in [0.717, 1.165) is 5.56 Å². The van der Waals surface area contributed by atoms with Crippen molar-refractivity contribution in [2.24, 2.45) is 0 Å². The molecule has 0 amide bonds. The first kappa shape index (κ1) is 14.0. The van der Waals surface area contributed by atoms with Gasteiger partial charge in [-0.3, -0.25) is 4.79 Å². The number of carbonyl (C=O) groups excluding carboxylic acids is 1. The predicted octanol–water partition coefficient (Wildman–Crippen LogP) is 3.76. The normalized spacial score (nSPS) is 11.8. The number of ketones is 1. The molecule has 2 aromatic carbocycles. The van der Waals surface area contributed by atoms with Crippen molar-refractivity contribution in [1.82, 2.24) is 0 Å². The average Bonchev–Trinajstić information content (AvgIpc) is 2.48. The molecule has 1 atom stereocenters. The summed E-state index contributed by atoms with van der Waals surface area (Å²) in [6.07, 6.45) is 0.300. The smallest absolute Gasteiger partial charge is 0.336 e. The fourth-order valence-corrected chi connectivity index (χ4v) is 2.20. The van der Waals surface area contributed by atoms with Crippen molar-refractivity contribution >= 4 is 11.8 Å². The molecule has 3 heteroatoms. The minimum absolute atomic E-state index is 0.0607.